The highest BCUT2D eigenvalue weighted by Crippen LogP contribution is 2.10. The smallest absolute Gasteiger partial charge is 0.192 e. The maximum absolute atomic E-state index is 11.8. The van der Waals surface area contributed by atoms with Crippen molar-refractivity contribution in [3.05, 3.63) is 42.2 Å². The third kappa shape index (κ3) is 2.14. The summed E-state index contributed by atoms with van der Waals surface area (Å²) in [6.07, 6.45) is 3.40. The number of hydrogen-bond acceptors (Lipinski definition) is 4. The first kappa shape index (κ1) is 10.9. The van der Waals surface area contributed by atoms with Crippen LogP contribution in [0.15, 0.2) is 36.5 Å². The maximum atomic E-state index is 11.8. The third-order valence-electron chi connectivity index (χ3n) is 2.11. The predicted molar refractivity (Wildman–Crippen MR) is 64.1 cm³/mol. The van der Waals surface area contributed by atoms with Crippen molar-refractivity contribution < 1.29 is 4.79 Å². The first-order valence-electron chi connectivity index (χ1n) is 4.81. The Labute approximate surface area is 97.7 Å². The molecule has 0 aliphatic carbocycles. The van der Waals surface area contributed by atoms with Crippen molar-refractivity contribution in [3.63, 3.8) is 0 Å². The van der Waals surface area contributed by atoms with E-state index in [4.69, 9.17) is 0 Å². The Morgan fingerprint density at radius 1 is 1.38 bits per heavy atom. The molecule has 0 amide bonds. The molecule has 0 unspecified atom stereocenters. The van der Waals surface area contributed by atoms with Gasteiger partial charge in [-0.15, -0.1) is 5.10 Å². The molecule has 0 atom stereocenters. The van der Waals surface area contributed by atoms with Gasteiger partial charge in [-0.25, -0.2) is 4.68 Å². The lowest BCUT2D eigenvalue weighted by molar-refractivity contribution is 0.101. The van der Waals surface area contributed by atoms with E-state index < -0.39 is 0 Å². The molecule has 4 nitrogen and oxygen atoms in total. The molecule has 0 fully saturated rings. The fraction of sp³-hybridized carbons (Fsp3) is 0.182. The molecule has 2 rings (SSSR count). The van der Waals surface area contributed by atoms with Crippen LogP contribution in [0.25, 0.3) is 5.69 Å². The van der Waals surface area contributed by atoms with Crippen molar-refractivity contribution in [2.45, 2.75) is 0 Å². The molecule has 0 saturated carbocycles. The largest absolute Gasteiger partial charge is 0.291 e. The highest BCUT2D eigenvalue weighted by Gasteiger charge is 2.13. The van der Waals surface area contributed by atoms with E-state index in [9.17, 15) is 4.79 Å². The average Bonchev–Trinajstić information content (AvgIpc) is 2.79. The zero-order chi connectivity index (χ0) is 11.4. The molecular weight excluding hydrogens is 222 g/mol. The van der Waals surface area contributed by atoms with Crippen molar-refractivity contribution in [1.82, 2.24) is 15.0 Å². The molecular formula is C11H11N3OS. The molecule has 5 heteroatoms. The predicted octanol–water partition coefficient (Wildman–Crippen LogP) is 1.81. The zero-order valence-electron chi connectivity index (χ0n) is 8.83. The van der Waals surface area contributed by atoms with E-state index in [1.54, 1.807) is 4.68 Å². The third-order valence-corrected chi connectivity index (χ3v) is 2.66. The van der Waals surface area contributed by atoms with Crippen LogP contribution in [0.5, 0.6) is 0 Å². The summed E-state index contributed by atoms with van der Waals surface area (Å²) in [5.41, 5.74) is 1.38. The zero-order valence-corrected chi connectivity index (χ0v) is 9.65. The summed E-state index contributed by atoms with van der Waals surface area (Å²) < 4.78 is 1.57. The second-order valence-corrected chi connectivity index (χ2v) is 4.09. The second kappa shape index (κ2) is 4.94. The Hall–Kier alpha value is -1.62. The molecule has 16 heavy (non-hydrogen) atoms. The number of thioether (sulfide) groups is 1. The van der Waals surface area contributed by atoms with E-state index in [-0.39, 0.29) is 5.78 Å². The van der Waals surface area contributed by atoms with Gasteiger partial charge < -0.3 is 0 Å². The second-order valence-electron chi connectivity index (χ2n) is 3.22. The van der Waals surface area contributed by atoms with E-state index in [2.05, 4.69) is 10.3 Å². The van der Waals surface area contributed by atoms with Gasteiger partial charge in [-0.2, -0.15) is 11.8 Å². The number of aromatic nitrogens is 3. The number of nitrogens with zero attached hydrogens (tertiary/aromatic N) is 3. The van der Waals surface area contributed by atoms with E-state index in [1.807, 2.05) is 36.6 Å². The molecule has 0 bridgehead atoms. The summed E-state index contributed by atoms with van der Waals surface area (Å²) >= 11 is 1.49. The maximum Gasteiger partial charge on any atom is 0.192 e. The number of para-hydroxylation sites is 1. The summed E-state index contributed by atoms with van der Waals surface area (Å²) in [5, 5.41) is 7.71. The Balaban J connectivity index is 2.37. The van der Waals surface area contributed by atoms with E-state index in [1.165, 1.54) is 18.0 Å². The van der Waals surface area contributed by atoms with Crippen LogP contribution in [0.2, 0.25) is 0 Å². The van der Waals surface area contributed by atoms with Gasteiger partial charge in [0, 0.05) is 0 Å². The lowest BCUT2D eigenvalue weighted by Crippen LogP contribution is -2.10. The van der Waals surface area contributed by atoms with Crippen LogP contribution in [-0.4, -0.2) is 32.8 Å². The first-order valence-corrected chi connectivity index (χ1v) is 6.20. The molecule has 1 aromatic heterocycles. The number of Topliss-reactive ketones (excluding diaryl/α,β-unsaturated/α-hetero) is 1. The van der Waals surface area contributed by atoms with E-state index >= 15 is 0 Å². The molecule has 1 aromatic carbocycles. The summed E-state index contributed by atoms with van der Waals surface area (Å²) in [5.74, 6) is 0.488. The van der Waals surface area contributed by atoms with Crippen LogP contribution in [-0.2, 0) is 0 Å². The Bertz CT molecular complexity index is 481. The molecule has 0 spiro atoms. The number of benzene rings is 1. The molecule has 82 valence electrons. The molecule has 0 aliphatic heterocycles. The summed E-state index contributed by atoms with van der Waals surface area (Å²) in [7, 11) is 0. The van der Waals surface area contributed by atoms with Crippen molar-refractivity contribution in [3.8, 4) is 5.69 Å². The fourth-order valence-electron chi connectivity index (χ4n) is 1.39. The van der Waals surface area contributed by atoms with Crippen LogP contribution in [0.3, 0.4) is 0 Å². The highest BCUT2D eigenvalue weighted by atomic mass is 32.2. The van der Waals surface area contributed by atoms with Gasteiger partial charge >= 0.3 is 0 Å². The van der Waals surface area contributed by atoms with Gasteiger partial charge in [0.1, 0.15) is 5.69 Å². The van der Waals surface area contributed by atoms with Gasteiger partial charge in [0.05, 0.1) is 17.6 Å². The standard InChI is InChI=1S/C11H11N3OS/c1-16-8-11(15)10-7-12-13-14(10)9-5-3-2-4-6-9/h2-7H,8H2,1H3. The van der Waals surface area contributed by atoms with Gasteiger partial charge in [0.25, 0.3) is 0 Å². The van der Waals surface area contributed by atoms with Gasteiger partial charge in [0.15, 0.2) is 5.78 Å². The summed E-state index contributed by atoms with van der Waals surface area (Å²) in [6.45, 7) is 0. The van der Waals surface area contributed by atoms with E-state index in [0.717, 1.165) is 5.69 Å². The Kier molecular flexibility index (Phi) is 3.36. The van der Waals surface area contributed by atoms with Crippen molar-refractivity contribution >= 4 is 17.5 Å². The van der Waals surface area contributed by atoms with Crippen LogP contribution in [0, 0.1) is 0 Å². The first-order chi connectivity index (χ1) is 7.83. The molecule has 2 aromatic rings. The molecule has 0 aliphatic rings. The number of carbonyl (C=O) groups excluding carboxylic acids is 1. The molecule has 0 saturated heterocycles. The van der Waals surface area contributed by atoms with Gasteiger partial charge in [-0.05, 0) is 18.4 Å². The Morgan fingerprint density at radius 3 is 2.81 bits per heavy atom. The quantitative estimate of drug-likeness (QED) is 0.756. The summed E-state index contributed by atoms with van der Waals surface area (Å²) in [4.78, 5) is 11.8. The lowest BCUT2D eigenvalue weighted by Gasteiger charge is -2.03. The van der Waals surface area contributed by atoms with Gasteiger partial charge in [0.2, 0.25) is 0 Å². The molecule has 1 heterocycles. The van der Waals surface area contributed by atoms with Gasteiger partial charge in [-0.3, -0.25) is 4.79 Å². The Morgan fingerprint density at radius 2 is 2.12 bits per heavy atom. The minimum Gasteiger partial charge on any atom is -0.291 e. The normalized spacial score (nSPS) is 10.3. The van der Waals surface area contributed by atoms with Crippen LogP contribution >= 0.6 is 11.8 Å². The number of carbonyl (C=O) groups is 1. The monoisotopic (exact) mass is 233 g/mol. The van der Waals surface area contributed by atoms with Crippen LogP contribution in [0.1, 0.15) is 10.5 Å². The fourth-order valence-corrected chi connectivity index (χ4v) is 1.80. The van der Waals surface area contributed by atoms with Crippen molar-refractivity contribution in [2.24, 2.45) is 0 Å². The minimum atomic E-state index is 0.0429. The average molecular weight is 233 g/mol. The molecule has 0 N–H and O–H groups in total. The SMILES string of the molecule is CSCC(=O)c1cnnn1-c1ccccc1. The summed E-state index contributed by atoms with van der Waals surface area (Å²) in [6, 6.07) is 9.51. The minimum absolute atomic E-state index is 0.0429. The van der Waals surface area contributed by atoms with E-state index in [0.29, 0.717) is 11.4 Å². The lowest BCUT2D eigenvalue weighted by atomic mass is 10.3. The van der Waals surface area contributed by atoms with Crippen LogP contribution < -0.4 is 0 Å². The topological polar surface area (TPSA) is 47.8 Å². The van der Waals surface area contributed by atoms with Crippen molar-refractivity contribution in [1.29, 1.82) is 0 Å². The van der Waals surface area contributed by atoms with Crippen molar-refractivity contribution in [2.75, 3.05) is 12.0 Å². The van der Waals surface area contributed by atoms with Gasteiger partial charge in [-0.1, -0.05) is 23.4 Å². The number of rotatable bonds is 4. The number of hydrogen-bond donors (Lipinski definition) is 0. The molecule has 0 radical (unpaired) electrons. The highest BCUT2D eigenvalue weighted by molar-refractivity contribution is 7.99. The number of ketones is 1. The van der Waals surface area contributed by atoms with Crippen LogP contribution in [0.4, 0.5) is 0 Å².